The molecule has 0 radical (unpaired) electrons. The lowest BCUT2D eigenvalue weighted by molar-refractivity contribution is -0.123. The first kappa shape index (κ1) is 28.9. The molecule has 12 heteroatoms. The van der Waals surface area contributed by atoms with Crippen molar-refractivity contribution in [3.05, 3.63) is 71.9 Å². The number of nitrogens with two attached hydrogens (primary N) is 1. The summed E-state index contributed by atoms with van der Waals surface area (Å²) < 4.78 is 19.0. The highest BCUT2D eigenvalue weighted by atomic mass is 31.2. The average Bonchev–Trinajstić information content (AvgIpc) is 3.28. The molecule has 3 amide bonds. The highest BCUT2D eigenvalue weighted by molar-refractivity contribution is 7.56. The number of carbonyl (C=O) groups is 3. The Morgan fingerprint density at radius 1 is 1.08 bits per heavy atom. The molecule has 11 nitrogen and oxygen atoms in total. The Labute approximate surface area is 221 Å². The van der Waals surface area contributed by atoms with Crippen LogP contribution in [0.15, 0.2) is 60.8 Å². The number of aromatic amines is 1. The van der Waals surface area contributed by atoms with Crippen molar-refractivity contribution in [2.24, 2.45) is 11.7 Å². The molecule has 2 unspecified atom stereocenters. The van der Waals surface area contributed by atoms with Crippen molar-refractivity contribution in [3.8, 4) is 0 Å². The van der Waals surface area contributed by atoms with Crippen LogP contribution in [-0.2, 0) is 31.9 Å². The van der Waals surface area contributed by atoms with Crippen LogP contribution >= 0.6 is 7.52 Å². The van der Waals surface area contributed by atoms with E-state index in [2.05, 4.69) is 20.7 Å². The van der Waals surface area contributed by atoms with Crippen molar-refractivity contribution in [3.63, 3.8) is 0 Å². The zero-order valence-corrected chi connectivity index (χ0v) is 22.2. The van der Waals surface area contributed by atoms with Gasteiger partial charge in [-0.05, 0) is 23.1 Å². The third-order valence-electron chi connectivity index (χ3n) is 5.95. The normalized spacial score (nSPS) is 14.4. The first-order chi connectivity index (χ1) is 18.1. The van der Waals surface area contributed by atoms with Crippen molar-refractivity contribution < 1.29 is 28.6 Å². The van der Waals surface area contributed by atoms with Gasteiger partial charge in [-0.15, -0.1) is 0 Å². The fraction of sp³-hybridized carbons (Fsp3) is 0.346. The number of hydrogen-bond acceptors (Lipinski definition) is 5. The quantitative estimate of drug-likeness (QED) is 0.180. The molecule has 0 saturated carbocycles. The molecule has 3 atom stereocenters. The summed E-state index contributed by atoms with van der Waals surface area (Å²) in [5, 5.41) is 8.49. The summed E-state index contributed by atoms with van der Waals surface area (Å²) in [4.78, 5) is 50.8. The monoisotopic (exact) mass is 543 g/mol. The van der Waals surface area contributed by atoms with Crippen molar-refractivity contribution in [2.45, 2.75) is 45.1 Å². The lowest BCUT2D eigenvalue weighted by atomic mass is 10.1. The number of rotatable bonds is 13. The maximum absolute atomic E-state index is 13.7. The molecule has 3 aromatic rings. The number of carbonyl (C=O) groups excluding carboxylic acids is 3. The van der Waals surface area contributed by atoms with Crippen LogP contribution < -0.4 is 21.5 Å². The van der Waals surface area contributed by atoms with Gasteiger partial charge in [0.15, 0.2) is 0 Å². The molecule has 0 aliphatic carbocycles. The third kappa shape index (κ3) is 8.17. The number of alkyl carbamates (subject to hydrolysis) is 1. The van der Waals surface area contributed by atoms with E-state index in [4.69, 9.17) is 10.5 Å². The number of aromatic nitrogens is 1. The molecule has 0 saturated heterocycles. The van der Waals surface area contributed by atoms with Crippen LogP contribution in [0.2, 0.25) is 0 Å². The molecule has 0 aliphatic rings. The summed E-state index contributed by atoms with van der Waals surface area (Å²) in [6, 6.07) is 15.4. The van der Waals surface area contributed by atoms with Gasteiger partial charge in [-0.25, -0.2) is 9.88 Å². The molecule has 204 valence electrons. The second kappa shape index (κ2) is 13.2. The second-order valence-electron chi connectivity index (χ2n) is 9.27. The van der Waals surface area contributed by atoms with E-state index < -0.39 is 37.3 Å². The molecule has 1 heterocycles. The molecule has 38 heavy (non-hydrogen) atoms. The van der Waals surface area contributed by atoms with Gasteiger partial charge in [0.1, 0.15) is 12.4 Å². The summed E-state index contributed by atoms with van der Waals surface area (Å²) in [6.07, 6.45) is 0.761. The maximum atomic E-state index is 13.7. The molecular weight excluding hydrogens is 509 g/mol. The van der Waals surface area contributed by atoms with Crippen molar-refractivity contribution in [2.75, 3.05) is 6.54 Å². The van der Waals surface area contributed by atoms with Crippen LogP contribution in [0.4, 0.5) is 4.79 Å². The Hall–Kier alpha value is -3.66. The van der Waals surface area contributed by atoms with Crippen LogP contribution in [0, 0.1) is 5.92 Å². The zero-order valence-electron chi connectivity index (χ0n) is 21.3. The Morgan fingerprint density at radius 2 is 1.76 bits per heavy atom. The van der Waals surface area contributed by atoms with E-state index in [0.29, 0.717) is 5.56 Å². The molecule has 3 rings (SSSR count). The molecule has 0 bridgehead atoms. The highest BCUT2D eigenvalue weighted by Gasteiger charge is 2.38. The van der Waals surface area contributed by atoms with E-state index in [1.54, 1.807) is 32.2 Å². The van der Waals surface area contributed by atoms with Gasteiger partial charge in [-0.3, -0.25) is 14.2 Å². The first-order valence-corrected chi connectivity index (χ1v) is 14.0. The molecule has 1 aromatic heterocycles. The van der Waals surface area contributed by atoms with Gasteiger partial charge in [0, 0.05) is 36.5 Å². The van der Waals surface area contributed by atoms with Gasteiger partial charge in [0.25, 0.3) is 7.52 Å². The fourth-order valence-corrected chi connectivity index (χ4v) is 5.61. The molecular formula is C26H34N5O6P. The Balaban J connectivity index is 1.80. The highest BCUT2D eigenvalue weighted by Crippen LogP contribution is 2.44. The number of fused-ring (bicyclic) bond motifs is 1. The number of hydrogen-bond donors (Lipinski definition) is 6. The number of para-hydroxylation sites is 1. The number of ether oxygens (including phenoxy) is 1. The van der Waals surface area contributed by atoms with Crippen LogP contribution in [0.3, 0.4) is 0 Å². The average molecular weight is 544 g/mol. The topological polar surface area (TPSA) is 176 Å². The summed E-state index contributed by atoms with van der Waals surface area (Å²) in [5.74, 6) is -2.84. The summed E-state index contributed by atoms with van der Waals surface area (Å²) in [5.41, 5.74) is 7.42. The van der Waals surface area contributed by atoms with E-state index >= 15 is 0 Å². The number of benzene rings is 2. The van der Waals surface area contributed by atoms with Crippen LogP contribution in [0.1, 0.15) is 31.4 Å². The Bertz CT molecular complexity index is 1300. The molecule has 0 spiro atoms. The number of nitrogens with one attached hydrogen (secondary N) is 4. The van der Waals surface area contributed by atoms with E-state index in [9.17, 15) is 23.8 Å². The van der Waals surface area contributed by atoms with Gasteiger partial charge >= 0.3 is 6.09 Å². The van der Waals surface area contributed by atoms with Crippen LogP contribution in [0.5, 0.6) is 0 Å². The van der Waals surface area contributed by atoms with Gasteiger partial charge in [-0.1, -0.05) is 62.4 Å². The Kier molecular flexibility index (Phi) is 10.1. The van der Waals surface area contributed by atoms with Gasteiger partial charge in [0.05, 0.1) is 6.04 Å². The third-order valence-corrected chi connectivity index (χ3v) is 7.76. The van der Waals surface area contributed by atoms with Crippen LogP contribution in [-0.4, -0.2) is 46.2 Å². The molecule has 0 fully saturated rings. The SMILES string of the molecule is CC(C)[C@H](NP(=O)(O)C(Cc1c[nH]c2ccccc12)NC(=O)OCc1ccccc1)C(=O)NCCC(N)=O. The van der Waals surface area contributed by atoms with E-state index in [-0.39, 0.29) is 31.9 Å². The van der Waals surface area contributed by atoms with Gasteiger partial charge in [0.2, 0.25) is 11.8 Å². The largest absolute Gasteiger partial charge is 0.445 e. The minimum absolute atomic E-state index is 0.00235. The minimum Gasteiger partial charge on any atom is -0.445 e. The number of primary amides is 1. The molecule has 0 aliphatic heterocycles. The lowest BCUT2D eigenvalue weighted by Gasteiger charge is -2.29. The van der Waals surface area contributed by atoms with Crippen LogP contribution in [0.25, 0.3) is 10.9 Å². The lowest BCUT2D eigenvalue weighted by Crippen LogP contribution is -2.49. The summed E-state index contributed by atoms with van der Waals surface area (Å²) >= 11 is 0. The van der Waals surface area contributed by atoms with Crippen molar-refractivity contribution >= 4 is 36.3 Å². The summed E-state index contributed by atoms with van der Waals surface area (Å²) in [6.45, 7) is 3.40. The van der Waals surface area contributed by atoms with Crippen molar-refractivity contribution in [1.82, 2.24) is 20.7 Å². The Morgan fingerprint density at radius 3 is 2.45 bits per heavy atom. The predicted octanol–water partition coefficient (Wildman–Crippen LogP) is 2.75. The number of amides is 3. The summed E-state index contributed by atoms with van der Waals surface area (Å²) in [7, 11) is -4.41. The zero-order chi connectivity index (χ0) is 27.7. The second-order valence-corrected chi connectivity index (χ2v) is 11.4. The fourth-order valence-electron chi connectivity index (χ4n) is 3.89. The smallest absolute Gasteiger partial charge is 0.408 e. The van der Waals surface area contributed by atoms with E-state index in [1.165, 1.54) is 0 Å². The maximum Gasteiger partial charge on any atom is 0.408 e. The minimum atomic E-state index is -4.41. The van der Waals surface area contributed by atoms with E-state index in [0.717, 1.165) is 16.5 Å². The first-order valence-electron chi connectivity index (χ1n) is 12.3. The van der Waals surface area contributed by atoms with Crippen molar-refractivity contribution in [1.29, 1.82) is 0 Å². The standard InChI is InChI=1S/C26H34N5O6P/c1-17(2)24(25(33)28-13-12-22(27)32)31-38(35,36)23(14-19-15-29-21-11-7-6-10-20(19)21)30-26(34)37-16-18-8-4-3-5-9-18/h3-11,15,17,23-24,29H,12-14,16H2,1-2H3,(H2,27,32)(H,28,33)(H,30,34)(H2,31,35,36)/t23?,24-/m0/s1. The molecule has 2 aromatic carbocycles. The van der Waals surface area contributed by atoms with Gasteiger partial charge < -0.3 is 31.0 Å². The molecule has 7 N–H and O–H groups in total. The predicted molar refractivity (Wildman–Crippen MR) is 144 cm³/mol. The van der Waals surface area contributed by atoms with Gasteiger partial charge in [-0.2, -0.15) is 0 Å². The number of H-pyrrole nitrogens is 1. The van der Waals surface area contributed by atoms with E-state index in [1.807, 2.05) is 42.5 Å².